The van der Waals surface area contributed by atoms with Gasteiger partial charge in [0.1, 0.15) is 5.82 Å². The summed E-state index contributed by atoms with van der Waals surface area (Å²) in [6, 6.07) is 13.7. The van der Waals surface area contributed by atoms with E-state index in [9.17, 15) is 9.18 Å². The molecule has 0 saturated carbocycles. The Kier molecular flexibility index (Phi) is 5.14. The Balaban J connectivity index is 1.65. The van der Waals surface area contributed by atoms with Crippen LogP contribution < -0.4 is 5.32 Å². The molecule has 3 rings (SSSR count). The van der Waals surface area contributed by atoms with Gasteiger partial charge in [-0.1, -0.05) is 30.0 Å². The van der Waals surface area contributed by atoms with Gasteiger partial charge >= 0.3 is 0 Å². The van der Waals surface area contributed by atoms with Crippen LogP contribution in [0.25, 0.3) is 11.4 Å². The maximum Gasteiger partial charge on any atom is 0.234 e. The van der Waals surface area contributed by atoms with Crippen molar-refractivity contribution in [2.24, 2.45) is 7.05 Å². The van der Waals surface area contributed by atoms with Gasteiger partial charge in [-0.2, -0.15) is 0 Å². The Labute approximate surface area is 149 Å². The molecule has 7 heteroatoms. The fraction of sp³-hybridized carbons (Fsp3) is 0.167. The van der Waals surface area contributed by atoms with Crippen LogP contribution in [0.15, 0.2) is 53.7 Å². The van der Waals surface area contributed by atoms with Crippen molar-refractivity contribution in [1.29, 1.82) is 0 Å². The number of nitrogens with one attached hydrogen (secondary N) is 1. The Morgan fingerprint density at radius 3 is 2.60 bits per heavy atom. The van der Waals surface area contributed by atoms with Crippen molar-refractivity contribution in [3.05, 3.63) is 59.9 Å². The fourth-order valence-electron chi connectivity index (χ4n) is 2.32. The normalized spacial score (nSPS) is 10.7. The van der Waals surface area contributed by atoms with Crippen LogP contribution in [0.2, 0.25) is 0 Å². The number of aromatic nitrogens is 3. The Morgan fingerprint density at radius 1 is 1.16 bits per heavy atom. The molecule has 2 aromatic carbocycles. The second kappa shape index (κ2) is 7.48. The minimum atomic E-state index is -0.298. The quantitative estimate of drug-likeness (QED) is 0.709. The first-order valence-corrected chi connectivity index (χ1v) is 8.67. The molecule has 0 unspecified atom stereocenters. The van der Waals surface area contributed by atoms with Gasteiger partial charge in [-0.25, -0.2) is 4.39 Å². The molecule has 0 radical (unpaired) electrons. The van der Waals surface area contributed by atoms with E-state index in [0.29, 0.717) is 11.0 Å². The van der Waals surface area contributed by atoms with Crippen LogP contribution in [0.3, 0.4) is 0 Å². The highest BCUT2D eigenvalue weighted by molar-refractivity contribution is 7.99. The summed E-state index contributed by atoms with van der Waals surface area (Å²) >= 11 is 1.30. The highest BCUT2D eigenvalue weighted by Crippen LogP contribution is 2.23. The molecule has 1 amide bonds. The number of thioether (sulfide) groups is 1. The number of halogens is 1. The number of aryl methyl sites for hydroxylation is 1. The molecule has 1 heterocycles. The van der Waals surface area contributed by atoms with E-state index >= 15 is 0 Å². The van der Waals surface area contributed by atoms with E-state index in [2.05, 4.69) is 15.5 Å². The van der Waals surface area contributed by atoms with Crippen LogP contribution in [-0.4, -0.2) is 26.4 Å². The summed E-state index contributed by atoms with van der Waals surface area (Å²) in [5.74, 6) is 0.449. The monoisotopic (exact) mass is 356 g/mol. The molecule has 128 valence electrons. The third-order valence-corrected chi connectivity index (χ3v) is 4.71. The second-order valence-electron chi connectivity index (χ2n) is 5.52. The molecule has 0 aliphatic heterocycles. The van der Waals surface area contributed by atoms with E-state index in [1.807, 2.05) is 38.2 Å². The van der Waals surface area contributed by atoms with E-state index in [1.165, 1.54) is 23.9 Å². The lowest BCUT2D eigenvalue weighted by molar-refractivity contribution is -0.113. The number of rotatable bonds is 5. The van der Waals surface area contributed by atoms with E-state index in [0.717, 1.165) is 16.8 Å². The molecular formula is C18H17FN4OS. The second-order valence-corrected chi connectivity index (χ2v) is 6.47. The molecule has 0 atom stereocenters. The molecule has 1 N–H and O–H groups in total. The van der Waals surface area contributed by atoms with Gasteiger partial charge in [0.25, 0.3) is 0 Å². The maximum absolute atomic E-state index is 13.0. The number of para-hydroxylation sites is 1. The maximum atomic E-state index is 13.0. The number of nitrogens with zero attached hydrogens (tertiary/aromatic N) is 3. The topological polar surface area (TPSA) is 59.8 Å². The van der Waals surface area contributed by atoms with Gasteiger partial charge in [-0.3, -0.25) is 4.79 Å². The van der Waals surface area contributed by atoms with Crippen LogP contribution in [-0.2, 0) is 11.8 Å². The summed E-state index contributed by atoms with van der Waals surface area (Å²) in [6.07, 6.45) is 0. The Hall–Kier alpha value is -2.67. The molecule has 25 heavy (non-hydrogen) atoms. The lowest BCUT2D eigenvalue weighted by Crippen LogP contribution is -2.15. The predicted octanol–water partition coefficient (Wildman–Crippen LogP) is 3.66. The molecule has 0 aliphatic rings. The van der Waals surface area contributed by atoms with Crippen molar-refractivity contribution in [2.75, 3.05) is 11.1 Å². The Bertz CT molecular complexity index is 892. The van der Waals surface area contributed by atoms with Crippen molar-refractivity contribution in [3.63, 3.8) is 0 Å². The highest BCUT2D eigenvalue weighted by Gasteiger charge is 2.13. The van der Waals surface area contributed by atoms with Crippen molar-refractivity contribution in [3.8, 4) is 11.4 Å². The fourth-order valence-corrected chi connectivity index (χ4v) is 3.03. The zero-order valence-corrected chi connectivity index (χ0v) is 14.7. The standard InChI is InChI=1S/C18H17FN4OS/c1-12-5-3-4-6-15(12)20-16(24)11-25-18-22-21-17(23(18)2)13-7-9-14(19)10-8-13/h3-10H,11H2,1-2H3,(H,20,24). The first-order valence-electron chi connectivity index (χ1n) is 7.68. The highest BCUT2D eigenvalue weighted by atomic mass is 32.2. The summed E-state index contributed by atoms with van der Waals surface area (Å²) in [5, 5.41) is 11.8. The van der Waals surface area contributed by atoms with Gasteiger partial charge in [0.15, 0.2) is 11.0 Å². The summed E-state index contributed by atoms with van der Waals surface area (Å²) in [6.45, 7) is 1.94. The molecule has 0 fully saturated rings. The third kappa shape index (κ3) is 4.06. The zero-order valence-electron chi connectivity index (χ0n) is 13.9. The van der Waals surface area contributed by atoms with Crippen molar-refractivity contribution in [2.45, 2.75) is 12.1 Å². The summed E-state index contributed by atoms with van der Waals surface area (Å²) in [4.78, 5) is 12.1. The van der Waals surface area contributed by atoms with Crippen molar-refractivity contribution in [1.82, 2.24) is 14.8 Å². The van der Waals surface area contributed by atoms with Gasteiger partial charge in [0, 0.05) is 18.3 Å². The lowest BCUT2D eigenvalue weighted by Gasteiger charge is -2.08. The molecule has 5 nitrogen and oxygen atoms in total. The number of carbonyl (C=O) groups excluding carboxylic acids is 1. The zero-order chi connectivity index (χ0) is 17.8. The van der Waals surface area contributed by atoms with Crippen molar-refractivity contribution < 1.29 is 9.18 Å². The SMILES string of the molecule is Cc1ccccc1NC(=O)CSc1nnc(-c2ccc(F)cc2)n1C. The average Bonchev–Trinajstić information content (AvgIpc) is 2.97. The number of hydrogen-bond acceptors (Lipinski definition) is 4. The largest absolute Gasteiger partial charge is 0.325 e. The molecule has 3 aromatic rings. The smallest absolute Gasteiger partial charge is 0.234 e. The van der Waals surface area contributed by atoms with Gasteiger partial charge < -0.3 is 9.88 Å². The van der Waals surface area contributed by atoms with Gasteiger partial charge in [-0.05, 0) is 42.8 Å². The number of benzene rings is 2. The number of hydrogen-bond donors (Lipinski definition) is 1. The minimum absolute atomic E-state index is 0.106. The van der Waals surface area contributed by atoms with E-state index in [-0.39, 0.29) is 17.5 Å². The summed E-state index contributed by atoms with van der Waals surface area (Å²) < 4.78 is 14.8. The summed E-state index contributed by atoms with van der Waals surface area (Å²) in [7, 11) is 1.82. The molecule has 0 saturated heterocycles. The summed E-state index contributed by atoms with van der Waals surface area (Å²) in [5.41, 5.74) is 2.59. The molecule has 1 aromatic heterocycles. The van der Waals surface area contributed by atoms with Crippen LogP contribution in [0.1, 0.15) is 5.56 Å². The first-order chi connectivity index (χ1) is 12.0. The molecule has 0 aliphatic carbocycles. The van der Waals surface area contributed by atoms with E-state index in [4.69, 9.17) is 0 Å². The minimum Gasteiger partial charge on any atom is -0.325 e. The Morgan fingerprint density at radius 2 is 1.88 bits per heavy atom. The van der Waals surface area contributed by atoms with Crippen LogP contribution in [0.4, 0.5) is 10.1 Å². The number of anilines is 1. The van der Waals surface area contributed by atoms with Gasteiger partial charge in [0.2, 0.25) is 5.91 Å². The number of carbonyl (C=O) groups is 1. The van der Waals surface area contributed by atoms with Gasteiger partial charge in [0.05, 0.1) is 5.75 Å². The van der Waals surface area contributed by atoms with Crippen LogP contribution >= 0.6 is 11.8 Å². The van der Waals surface area contributed by atoms with Gasteiger partial charge in [-0.15, -0.1) is 10.2 Å². The van der Waals surface area contributed by atoms with E-state index < -0.39 is 0 Å². The lowest BCUT2D eigenvalue weighted by atomic mass is 10.2. The molecule has 0 spiro atoms. The first kappa shape index (κ1) is 17.2. The number of amides is 1. The average molecular weight is 356 g/mol. The third-order valence-electron chi connectivity index (χ3n) is 3.69. The molecular weight excluding hydrogens is 339 g/mol. The van der Waals surface area contributed by atoms with E-state index in [1.54, 1.807) is 16.7 Å². The van der Waals surface area contributed by atoms with Crippen LogP contribution in [0, 0.1) is 12.7 Å². The molecule has 0 bridgehead atoms. The van der Waals surface area contributed by atoms with Crippen molar-refractivity contribution >= 4 is 23.4 Å². The van der Waals surface area contributed by atoms with Crippen LogP contribution in [0.5, 0.6) is 0 Å². The predicted molar refractivity (Wildman–Crippen MR) is 96.9 cm³/mol.